The Morgan fingerprint density at radius 3 is 2.96 bits per heavy atom. The lowest BCUT2D eigenvalue weighted by Crippen LogP contribution is -2.38. The van der Waals surface area contributed by atoms with Crippen molar-refractivity contribution in [3.05, 3.63) is 48.0 Å². The molecule has 0 N–H and O–H groups in total. The monoisotopic (exact) mass is 333 g/mol. The van der Waals surface area contributed by atoms with Crippen molar-refractivity contribution >= 4 is 16.7 Å². The standard InChI is InChI=1S/C19H19N5O/c1-12-18(19(25)23-11-13-5-6-15(23)9-13)21-22-24(12)17-4-2-3-14-10-20-8-7-16(14)17/h2-4,7-8,10,13,15H,5-6,9,11H2,1H3/t13-,15-/m0/s1. The Hall–Kier alpha value is -2.76. The maximum absolute atomic E-state index is 13.0. The number of hydrogen-bond donors (Lipinski definition) is 0. The van der Waals surface area contributed by atoms with Crippen molar-refractivity contribution < 1.29 is 4.79 Å². The average Bonchev–Trinajstić information content (AvgIpc) is 3.36. The van der Waals surface area contributed by atoms with Gasteiger partial charge < -0.3 is 4.90 Å². The molecular formula is C19H19N5O. The van der Waals surface area contributed by atoms with E-state index in [-0.39, 0.29) is 5.91 Å². The first-order valence-corrected chi connectivity index (χ1v) is 8.79. The van der Waals surface area contributed by atoms with E-state index in [0.717, 1.165) is 41.5 Å². The van der Waals surface area contributed by atoms with Gasteiger partial charge in [-0.3, -0.25) is 9.78 Å². The molecule has 1 amide bonds. The molecule has 2 bridgehead atoms. The van der Waals surface area contributed by atoms with Gasteiger partial charge in [-0.25, -0.2) is 4.68 Å². The van der Waals surface area contributed by atoms with Crippen molar-refractivity contribution in [2.75, 3.05) is 6.54 Å². The Morgan fingerprint density at radius 1 is 1.24 bits per heavy atom. The molecule has 6 nitrogen and oxygen atoms in total. The topological polar surface area (TPSA) is 63.9 Å². The number of rotatable bonds is 2. The highest BCUT2D eigenvalue weighted by atomic mass is 16.2. The molecule has 126 valence electrons. The predicted octanol–water partition coefficient (Wildman–Crippen LogP) is 2.75. The summed E-state index contributed by atoms with van der Waals surface area (Å²) in [6.07, 6.45) is 7.13. The Morgan fingerprint density at radius 2 is 2.16 bits per heavy atom. The zero-order valence-electron chi connectivity index (χ0n) is 14.1. The number of pyridine rings is 1. The van der Waals surface area contributed by atoms with Crippen LogP contribution in [0.4, 0.5) is 0 Å². The minimum absolute atomic E-state index is 0.0258. The molecule has 0 spiro atoms. The quantitative estimate of drug-likeness (QED) is 0.723. The van der Waals surface area contributed by atoms with Crippen LogP contribution in [0.5, 0.6) is 0 Å². The summed E-state index contributed by atoms with van der Waals surface area (Å²) in [7, 11) is 0. The van der Waals surface area contributed by atoms with Crippen molar-refractivity contribution in [2.24, 2.45) is 5.92 Å². The number of amides is 1. The lowest BCUT2D eigenvalue weighted by molar-refractivity contribution is 0.0696. The highest BCUT2D eigenvalue weighted by Crippen LogP contribution is 2.38. The van der Waals surface area contributed by atoms with E-state index in [4.69, 9.17) is 0 Å². The second-order valence-corrected chi connectivity index (χ2v) is 7.10. The maximum atomic E-state index is 13.0. The molecular weight excluding hydrogens is 314 g/mol. The lowest BCUT2D eigenvalue weighted by atomic mass is 10.1. The third-order valence-electron chi connectivity index (χ3n) is 5.65. The van der Waals surface area contributed by atoms with Gasteiger partial charge in [0, 0.05) is 35.8 Å². The number of likely N-dealkylation sites (tertiary alicyclic amines) is 1. The van der Waals surface area contributed by atoms with Crippen molar-refractivity contribution in [1.82, 2.24) is 24.9 Å². The molecule has 2 atom stereocenters. The molecule has 25 heavy (non-hydrogen) atoms. The van der Waals surface area contributed by atoms with E-state index in [2.05, 4.69) is 15.3 Å². The molecule has 3 heterocycles. The first-order valence-electron chi connectivity index (χ1n) is 8.79. The summed E-state index contributed by atoms with van der Waals surface area (Å²) >= 11 is 0. The van der Waals surface area contributed by atoms with Gasteiger partial charge in [0.05, 0.1) is 11.4 Å². The van der Waals surface area contributed by atoms with Crippen LogP contribution in [0.1, 0.15) is 35.4 Å². The third-order valence-corrected chi connectivity index (χ3v) is 5.65. The maximum Gasteiger partial charge on any atom is 0.276 e. The van der Waals surface area contributed by atoms with Crippen LogP contribution < -0.4 is 0 Å². The third kappa shape index (κ3) is 2.17. The van der Waals surface area contributed by atoms with Crippen molar-refractivity contribution in [3.63, 3.8) is 0 Å². The summed E-state index contributed by atoms with van der Waals surface area (Å²) in [6.45, 7) is 2.79. The van der Waals surface area contributed by atoms with E-state index in [1.54, 1.807) is 10.9 Å². The summed E-state index contributed by atoms with van der Waals surface area (Å²) in [5.41, 5.74) is 2.18. The van der Waals surface area contributed by atoms with E-state index in [1.165, 1.54) is 6.42 Å². The second kappa shape index (κ2) is 5.37. The van der Waals surface area contributed by atoms with Gasteiger partial charge in [0.2, 0.25) is 0 Å². The molecule has 6 heteroatoms. The smallest absolute Gasteiger partial charge is 0.276 e. The van der Waals surface area contributed by atoms with Crippen LogP contribution in [0.15, 0.2) is 36.7 Å². The van der Waals surface area contributed by atoms with E-state index < -0.39 is 0 Å². The van der Waals surface area contributed by atoms with Gasteiger partial charge in [-0.1, -0.05) is 17.3 Å². The van der Waals surface area contributed by atoms with Crippen LogP contribution in [-0.2, 0) is 0 Å². The zero-order valence-corrected chi connectivity index (χ0v) is 14.1. The van der Waals surface area contributed by atoms with Crippen LogP contribution in [0.25, 0.3) is 16.5 Å². The van der Waals surface area contributed by atoms with Crippen LogP contribution in [0, 0.1) is 12.8 Å². The summed E-state index contributed by atoms with van der Waals surface area (Å²) in [4.78, 5) is 19.1. The van der Waals surface area contributed by atoms with Crippen molar-refractivity contribution in [2.45, 2.75) is 32.2 Å². The Bertz CT molecular complexity index is 974. The van der Waals surface area contributed by atoms with Gasteiger partial charge >= 0.3 is 0 Å². The molecule has 2 fully saturated rings. The molecule has 5 rings (SSSR count). The van der Waals surface area contributed by atoms with E-state index in [0.29, 0.717) is 17.7 Å². The van der Waals surface area contributed by atoms with Gasteiger partial charge in [0.25, 0.3) is 5.91 Å². The van der Waals surface area contributed by atoms with Gasteiger partial charge in [-0.05, 0) is 44.2 Å². The molecule has 1 aliphatic carbocycles. The number of nitrogens with zero attached hydrogens (tertiary/aromatic N) is 5. The van der Waals surface area contributed by atoms with Crippen LogP contribution in [0.2, 0.25) is 0 Å². The second-order valence-electron chi connectivity index (χ2n) is 7.10. The lowest BCUT2D eigenvalue weighted by Gasteiger charge is -2.26. The van der Waals surface area contributed by atoms with Gasteiger partial charge in [0.1, 0.15) is 0 Å². The van der Waals surface area contributed by atoms with Crippen LogP contribution in [-0.4, -0.2) is 43.4 Å². The molecule has 1 aromatic carbocycles. The van der Waals surface area contributed by atoms with Crippen LogP contribution >= 0.6 is 0 Å². The van der Waals surface area contributed by atoms with Crippen molar-refractivity contribution in [3.8, 4) is 5.69 Å². The van der Waals surface area contributed by atoms with E-state index in [9.17, 15) is 4.79 Å². The Kier molecular flexibility index (Phi) is 3.13. The molecule has 3 aromatic rings. The number of aromatic nitrogens is 4. The van der Waals surface area contributed by atoms with Crippen molar-refractivity contribution in [1.29, 1.82) is 0 Å². The van der Waals surface area contributed by atoms with Gasteiger partial charge in [-0.2, -0.15) is 0 Å². The normalized spacial score (nSPS) is 22.0. The summed E-state index contributed by atoms with van der Waals surface area (Å²) in [6, 6.07) is 8.35. The molecule has 1 aliphatic heterocycles. The zero-order chi connectivity index (χ0) is 17.0. The first kappa shape index (κ1) is 14.6. The molecule has 2 aromatic heterocycles. The minimum atomic E-state index is 0.0258. The first-order chi connectivity index (χ1) is 12.2. The van der Waals surface area contributed by atoms with E-state index >= 15 is 0 Å². The number of hydrogen-bond acceptors (Lipinski definition) is 4. The summed E-state index contributed by atoms with van der Waals surface area (Å²) in [5.74, 6) is 0.702. The highest BCUT2D eigenvalue weighted by molar-refractivity contribution is 5.94. The number of carbonyl (C=O) groups excluding carboxylic acids is 1. The average molecular weight is 333 g/mol. The fourth-order valence-corrected chi connectivity index (χ4v) is 4.36. The van der Waals surface area contributed by atoms with E-state index in [1.807, 2.05) is 42.3 Å². The summed E-state index contributed by atoms with van der Waals surface area (Å²) in [5, 5.41) is 10.6. The number of carbonyl (C=O) groups is 1. The molecule has 2 aliphatic rings. The predicted molar refractivity (Wildman–Crippen MR) is 93.6 cm³/mol. The van der Waals surface area contributed by atoms with Gasteiger partial charge in [-0.15, -0.1) is 5.10 Å². The molecule has 0 radical (unpaired) electrons. The molecule has 0 unspecified atom stereocenters. The fraction of sp³-hybridized carbons (Fsp3) is 0.368. The Balaban J connectivity index is 1.55. The fourth-order valence-electron chi connectivity index (χ4n) is 4.36. The highest BCUT2D eigenvalue weighted by Gasteiger charge is 2.41. The van der Waals surface area contributed by atoms with Crippen LogP contribution in [0.3, 0.4) is 0 Å². The molecule has 1 saturated heterocycles. The summed E-state index contributed by atoms with van der Waals surface area (Å²) < 4.78 is 1.77. The number of benzene rings is 1. The SMILES string of the molecule is Cc1c(C(=O)N2C[C@H]3CC[C@H]2C3)nnn1-c1cccc2cnccc12. The Labute approximate surface area is 145 Å². The number of piperidine rings is 1. The van der Waals surface area contributed by atoms with Gasteiger partial charge in [0.15, 0.2) is 5.69 Å². The largest absolute Gasteiger partial charge is 0.334 e. The molecule has 1 saturated carbocycles. The number of fused-ring (bicyclic) bond motifs is 3. The minimum Gasteiger partial charge on any atom is -0.334 e.